The molecule has 1 aromatic carbocycles. The summed E-state index contributed by atoms with van der Waals surface area (Å²) in [7, 11) is 0. The molecule has 0 fully saturated rings. The Morgan fingerprint density at radius 1 is 1.17 bits per heavy atom. The van der Waals surface area contributed by atoms with Crippen molar-refractivity contribution in [3.05, 3.63) is 45.6 Å². The first-order chi connectivity index (χ1) is 13.8. The molecule has 0 saturated carbocycles. The molecule has 5 nitrogen and oxygen atoms in total. The van der Waals surface area contributed by atoms with Gasteiger partial charge in [-0.1, -0.05) is 37.7 Å². The van der Waals surface area contributed by atoms with Crippen molar-refractivity contribution in [3.63, 3.8) is 0 Å². The molecule has 1 amide bonds. The van der Waals surface area contributed by atoms with E-state index in [1.807, 2.05) is 32.0 Å². The second kappa shape index (κ2) is 9.13. The van der Waals surface area contributed by atoms with Crippen LogP contribution in [0, 0.1) is 13.8 Å². The molecular weight excluding hydrogens is 400 g/mol. The third-order valence-electron chi connectivity index (χ3n) is 4.63. The number of nitrogens with one attached hydrogen (secondary N) is 1. The van der Waals surface area contributed by atoms with E-state index < -0.39 is 0 Å². The van der Waals surface area contributed by atoms with Gasteiger partial charge in [0, 0.05) is 27.5 Å². The van der Waals surface area contributed by atoms with Crippen LogP contribution in [0.25, 0.3) is 11.4 Å². The lowest BCUT2D eigenvalue weighted by atomic mass is 10.1. The molecule has 0 aliphatic carbocycles. The van der Waals surface area contributed by atoms with Crippen LogP contribution >= 0.6 is 23.1 Å². The molecule has 0 atom stereocenters. The monoisotopic (exact) mass is 428 g/mol. The summed E-state index contributed by atoms with van der Waals surface area (Å²) in [6.45, 7) is 12.6. The molecule has 3 aromatic rings. The first-order valence-corrected chi connectivity index (χ1v) is 11.7. The lowest BCUT2D eigenvalue weighted by Crippen LogP contribution is -2.15. The Morgan fingerprint density at radius 2 is 1.93 bits per heavy atom. The van der Waals surface area contributed by atoms with Crippen LogP contribution in [0.15, 0.2) is 34.8 Å². The van der Waals surface area contributed by atoms with Crippen molar-refractivity contribution in [3.8, 4) is 11.4 Å². The van der Waals surface area contributed by atoms with Gasteiger partial charge in [-0.3, -0.25) is 9.36 Å². The summed E-state index contributed by atoms with van der Waals surface area (Å²) < 4.78 is 2.11. The average Bonchev–Trinajstić information content (AvgIpc) is 3.29. The summed E-state index contributed by atoms with van der Waals surface area (Å²) in [5.41, 5.74) is 4.13. The minimum absolute atomic E-state index is 0.0406. The van der Waals surface area contributed by atoms with Crippen LogP contribution < -0.4 is 5.32 Å². The molecule has 0 spiro atoms. The largest absolute Gasteiger partial charge is 0.325 e. The van der Waals surface area contributed by atoms with Crippen molar-refractivity contribution >= 4 is 34.7 Å². The van der Waals surface area contributed by atoms with Gasteiger partial charge in [-0.2, -0.15) is 0 Å². The first kappa shape index (κ1) is 21.6. The van der Waals surface area contributed by atoms with Crippen molar-refractivity contribution in [2.24, 2.45) is 0 Å². The quantitative estimate of drug-likeness (QED) is 0.465. The zero-order valence-corrected chi connectivity index (χ0v) is 19.4. The van der Waals surface area contributed by atoms with E-state index in [4.69, 9.17) is 0 Å². The highest BCUT2D eigenvalue weighted by atomic mass is 32.2. The van der Waals surface area contributed by atoms with E-state index in [2.05, 4.69) is 59.2 Å². The average molecular weight is 429 g/mol. The highest BCUT2D eigenvalue weighted by Crippen LogP contribution is 2.32. The molecular formula is C22H28N4OS2. The van der Waals surface area contributed by atoms with E-state index >= 15 is 0 Å². The van der Waals surface area contributed by atoms with Crippen molar-refractivity contribution in [1.82, 2.24) is 14.8 Å². The van der Waals surface area contributed by atoms with Gasteiger partial charge in [-0.25, -0.2) is 0 Å². The zero-order valence-electron chi connectivity index (χ0n) is 17.8. The number of thioether (sulfide) groups is 1. The molecule has 0 saturated heterocycles. The highest BCUT2D eigenvalue weighted by molar-refractivity contribution is 7.99. The summed E-state index contributed by atoms with van der Waals surface area (Å²) >= 11 is 3.17. The Balaban J connectivity index is 1.74. The molecule has 2 heterocycles. The number of hydrogen-bond acceptors (Lipinski definition) is 5. The van der Waals surface area contributed by atoms with Crippen LogP contribution in [0.2, 0.25) is 0 Å². The highest BCUT2D eigenvalue weighted by Gasteiger charge is 2.19. The number of benzene rings is 1. The molecule has 154 valence electrons. The molecule has 0 aliphatic heterocycles. The van der Waals surface area contributed by atoms with Crippen molar-refractivity contribution in [2.45, 2.75) is 58.7 Å². The number of rotatable bonds is 7. The summed E-state index contributed by atoms with van der Waals surface area (Å²) in [4.78, 5) is 13.8. The summed E-state index contributed by atoms with van der Waals surface area (Å²) in [5, 5.41) is 14.7. The van der Waals surface area contributed by atoms with E-state index in [1.54, 1.807) is 11.3 Å². The van der Waals surface area contributed by atoms with Gasteiger partial charge in [-0.05, 0) is 56.9 Å². The van der Waals surface area contributed by atoms with Gasteiger partial charge < -0.3 is 5.32 Å². The van der Waals surface area contributed by atoms with Crippen LogP contribution in [-0.2, 0) is 4.79 Å². The third kappa shape index (κ3) is 5.08. The number of carbonyl (C=O) groups excluding carboxylic acids is 1. The second-order valence-electron chi connectivity index (χ2n) is 7.82. The van der Waals surface area contributed by atoms with Crippen molar-refractivity contribution in [2.75, 3.05) is 11.1 Å². The predicted octanol–water partition coefficient (Wildman–Crippen LogP) is 6.06. The minimum Gasteiger partial charge on any atom is -0.325 e. The van der Waals surface area contributed by atoms with Crippen LogP contribution in [0.4, 0.5) is 5.69 Å². The maximum Gasteiger partial charge on any atom is 0.234 e. The van der Waals surface area contributed by atoms with Crippen LogP contribution in [-0.4, -0.2) is 26.4 Å². The number of hydrogen-bond donors (Lipinski definition) is 1. The van der Waals surface area contributed by atoms with Crippen molar-refractivity contribution < 1.29 is 4.79 Å². The topological polar surface area (TPSA) is 59.8 Å². The van der Waals surface area contributed by atoms with Gasteiger partial charge in [0.2, 0.25) is 5.91 Å². The molecule has 0 bridgehead atoms. The molecule has 2 aromatic heterocycles. The fourth-order valence-electron chi connectivity index (χ4n) is 3.00. The molecule has 1 N–H and O–H groups in total. The van der Waals surface area contributed by atoms with Crippen molar-refractivity contribution in [1.29, 1.82) is 0 Å². The van der Waals surface area contributed by atoms with E-state index in [-0.39, 0.29) is 11.9 Å². The number of nitrogens with zero attached hydrogens (tertiary/aromatic N) is 3. The number of carbonyl (C=O) groups is 1. The van der Waals surface area contributed by atoms with Gasteiger partial charge in [0.05, 0.1) is 5.75 Å². The lowest BCUT2D eigenvalue weighted by molar-refractivity contribution is -0.113. The second-order valence-corrected chi connectivity index (χ2v) is 9.70. The van der Waals surface area contributed by atoms with Gasteiger partial charge in [0.1, 0.15) is 0 Å². The van der Waals surface area contributed by atoms with Crippen LogP contribution in [0.3, 0.4) is 0 Å². The molecule has 7 heteroatoms. The Labute approximate surface area is 180 Å². The minimum atomic E-state index is -0.0406. The summed E-state index contributed by atoms with van der Waals surface area (Å²) in [6, 6.07) is 8.45. The number of aryl methyl sites for hydroxylation is 2. The summed E-state index contributed by atoms with van der Waals surface area (Å²) in [6.07, 6.45) is 0. The standard InChI is InChI=1S/C22H28N4OS2/c1-13(2)19-10-17(11-28-19)21-24-25-22(26(21)14(3)4)29-12-20(27)23-18-9-15(5)7-8-16(18)6/h7-11,13-14H,12H2,1-6H3,(H,23,27). The summed E-state index contributed by atoms with van der Waals surface area (Å²) in [5.74, 6) is 1.60. The zero-order chi connectivity index (χ0) is 21.1. The molecule has 0 radical (unpaired) electrons. The fraction of sp³-hybridized carbons (Fsp3) is 0.409. The van der Waals surface area contributed by atoms with E-state index in [1.165, 1.54) is 16.6 Å². The maximum absolute atomic E-state index is 12.5. The number of amides is 1. The van der Waals surface area contributed by atoms with E-state index in [0.29, 0.717) is 11.7 Å². The lowest BCUT2D eigenvalue weighted by Gasteiger charge is -2.13. The Hall–Kier alpha value is -2.12. The third-order valence-corrected chi connectivity index (χ3v) is 6.80. The van der Waals surface area contributed by atoms with Gasteiger partial charge in [-0.15, -0.1) is 21.5 Å². The van der Waals surface area contributed by atoms with Gasteiger partial charge in [0.15, 0.2) is 11.0 Å². The first-order valence-electron chi connectivity index (χ1n) is 9.80. The van der Waals surface area contributed by atoms with E-state index in [0.717, 1.165) is 33.4 Å². The molecule has 0 aliphatic rings. The van der Waals surface area contributed by atoms with E-state index in [9.17, 15) is 4.79 Å². The normalized spacial score (nSPS) is 11.4. The SMILES string of the molecule is Cc1ccc(C)c(NC(=O)CSc2nnc(-c3csc(C(C)C)c3)n2C(C)C)c1. The van der Waals surface area contributed by atoms with Crippen LogP contribution in [0.5, 0.6) is 0 Å². The number of thiophene rings is 1. The molecule has 0 unspecified atom stereocenters. The fourth-order valence-corrected chi connectivity index (χ4v) is 4.77. The Kier molecular flexibility index (Phi) is 6.80. The maximum atomic E-state index is 12.5. The van der Waals surface area contributed by atoms with Gasteiger partial charge in [0.25, 0.3) is 0 Å². The number of aromatic nitrogens is 3. The Bertz CT molecular complexity index is 1000. The smallest absolute Gasteiger partial charge is 0.234 e. The number of anilines is 1. The molecule has 3 rings (SSSR count). The Morgan fingerprint density at radius 3 is 2.59 bits per heavy atom. The predicted molar refractivity (Wildman–Crippen MR) is 123 cm³/mol. The van der Waals surface area contributed by atoms with Crippen LogP contribution in [0.1, 0.15) is 55.7 Å². The van der Waals surface area contributed by atoms with Gasteiger partial charge >= 0.3 is 0 Å². The molecule has 29 heavy (non-hydrogen) atoms.